The Labute approximate surface area is 112 Å². The highest BCUT2D eigenvalue weighted by molar-refractivity contribution is 5.98. The zero-order chi connectivity index (χ0) is 13.8. The maximum atomic E-state index is 12.1. The third-order valence-electron chi connectivity index (χ3n) is 3.13. The van der Waals surface area contributed by atoms with Crippen molar-refractivity contribution in [2.75, 3.05) is 6.61 Å². The van der Waals surface area contributed by atoms with Crippen LogP contribution >= 0.6 is 0 Å². The molecule has 0 aliphatic rings. The number of hydrogen-bond donors (Lipinski definition) is 3. The summed E-state index contributed by atoms with van der Waals surface area (Å²) in [6.07, 6.45) is 2.62. The first-order valence-corrected chi connectivity index (χ1v) is 6.59. The van der Waals surface area contributed by atoms with Crippen LogP contribution in [0, 0.1) is 5.92 Å². The molecule has 3 N–H and O–H groups in total. The molecule has 0 saturated heterocycles. The van der Waals surface area contributed by atoms with Crippen LogP contribution in [0.5, 0.6) is 0 Å². The minimum atomic E-state index is -0.186. The number of aliphatic hydroxyl groups excluding tert-OH is 1. The molecular weight excluding hydrogens is 240 g/mol. The molecule has 102 valence electrons. The van der Waals surface area contributed by atoms with Crippen LogP contribution in [0.4, 0.5) is 0 Å². The maximum Gasteiger partial charge on any atom is 0.251 e. The Balaban J connectivity index is 2.09. The Morgan fingerprint density at radius 3 is 2.84 bits per heavy atom. The molecule has 1 aromatic heterocycles. The maximum absolute atomic E-state index is 12.1. The summed E-state index contributed by atoms with van der Waals surface area (Å²) in [6.45, 7) is 4.11. The number of carbonyl (C=O) groups is 1. The van der Waals surface area contributed by atoms with Gasteiger partial charge in [0.15, 0.2) is 0 Å². The van der Waals surface area contributed by atoms with Crippen LogP contribution in [-0.4, -0.2) is 28.6 Å². The van der Waals surface area contributed by atoms with Gasteiger partial charge in [0.2, 0.25) is 0 Å². The van der Waals surface area contributed by atoms with E-state index < -0.39 is 0 Å². The van der Waals surface area contributed by atoms with Gasteiger partial charge < -0.3 is 15.4 Å². The van der Waals surface area contributed by atoms with E-state index in [0.717, 1.165) is 17.3 Å². The van der Waals surface area contributed by atoms with Crippen molar-refractivity contribution in [3.05, 3.63) is 36.0 Å². The molecule has 0 aliphatic heterocycles. The van der Waals surface area contributed by atoms with Crippen LogP contribution in [0.25, 0.3) is 10.9 Å². The van der Waals surface area contributed by atoms with E-state index in [1.165, 1.54) is 0 Å². The fourth-order valence-electron chi connectivity index (χ4n) is 2.21. The zero-order valence-electron chi connectivity index (χ0n) is 11.3. The average molecular weight is 260 g/mol. The van der Waals surface area contributed by atoms with Gasteiger partial charge in [0, 0.05) is 22.7 Å². The Kier molecular flexibility index (Phi) is 4.22. The van der Waals surface area contributed by atoms with Crippen molar-refractivity contribution in [1.82, 2.24) is 10.3 Å². The normalized spacial score (nSPS) is 12.8. The molecule has 0 bridgehead atoms. The summed E-state index contributed by atoms with van der Waals surface area (Å²) in [5.74, 6) is 0.299. The lowest BCUT2D eigenvalue weighted by molar-refractivity contribution is 0.0908. The number of carbonyl (C=O) groups excluding carboxylic acids is 1. The quantitative estimate of drug-likeness (QED) is 0.772. The standard InChI is InChI=1S/C15H20N2O2/c1-10(2)7-13(9-18)17-15(19)12-3-4-14-11(8-12)5-6-16-14/h3-6,8,10,13,16,18H,7,9H2,1-2H3,(H,17,19). The lowest BCUT2D eigenvalue weighted by Gasteiger charge is -2.18. The Bertz CT molecular complexity index is 560. The first kappa shape index (κ1) is 13.6. The second-order valence-corrected chi connectivity index (χ2v) is 5.26. The zero-order valence-corrected chi connectivity index (χ0v) is 11.3. The van der Waals surface area contributed by atoms with Gasteiger partial charge in [-0.25, -0.2) is 0 Å². The lowest BCUT2D eigenvalue weighted by atomic mass is 10.0. The molecule has 19 heavy (non-hydrogen) atoms. The predicted molar refractivity (Wildman–Crippen MR) is 76.1 cm³/mol. The van der Waals surface area contributed by atoms with Gasteiger partial charge in [0.1, 0.15) is 0 Å². The largest absolute Gasteiger partial charge is 0.394 e. The Hall–Kier alpha value is -1.81. The molecule has 0 spiro atoms. The minimum Gasteiger partial charge on any atom is -0.394 e. The number of hydrogen-bond acceptors (Lipinski definition) is 2. The van der Waals surface area contributed by atoms with E-state index >= 15 is 0 Å². The fraction of sp³-hybridized carbons (Fsp3) is 0.400. The Morgan fingerprint density at radius 1 is 1.37 bits per heavy atom. The van der Waals surface area contributed by atoms with Gasteiger partial charge >= 0.3 is 0 Å². The second-order valence-electron chi connectivity index (χ2n) is 5.26. The molecule has 1 atom stereocenters. The molecule has 1 amide bonds. The summed E-state index contributed by atoms with van der Waals surface area (Å²) in [5, 5.41) is 13.2. The van der Waals surface area contributed by atoms with Crippen molar-refractivity contribution < 1.29 is 9.90 Å². The van der Waals surface area contributed by atoms with Gasteiger partial charge in [0.25, 0.3) is 5.91 Å². The van der Waals surface area contributed by atoms with Crippen LogP contribution in [0.1, 0.15) is 30.6 Å². The number of aliphatic hydroxyl groups is 1. The summed E-state index contributed by atoms with van der Waals surface area (Å²) in [5.41, 5.74) is 1.63. The van der Waals surface area contributed by atoms with E-state index in [-0.39, 0.29) is 18.6 Å². The number of fused-ring (bicyclic) bond motifs is 1. The number of aromatic nitrogens is 1. The van der Waals surface area contributed by atoms with E-state index in [1.807, 2.05) is 24.4 Å². The molecule has 4 heteroatoms. The van der Waals surface area contributed by atoms with E-state index in [4.69, 9.17) is 0 Å². The van der Waals surface area contributed by atoms with E-state index in [1.54, 1.807) is 6.07 Å². The number of benzene rings is 1. The average Bonchev–Trinajstić information content (AvgIpc) is 2.84. The molecule has 0 aliphatic carbocycles. The van der Waals surface area contributed by atoms with Crippen LogP contribution < -0.4 is 5.32 Å². The minimum absolute atomic E-state index is 0.0314. The molecule has 0 radical (unpaired) electrons. The van der Waals surface area contributed by atoms with Crippen LogP contribution in [0.3, 0.4) is 0 Å². The topological polar surface area (TPSA) is 65.1 Å². The third kappa shape index (κ3) is 3.35. The molecule has 0 saturated carbocycles. The summed E-state index contributed by atoms with van der Waals surface area (Å²) in [6, 6.07) is 7.28. The van der Waals surface area contributed by atoms with Gasteiger partial charge in [-0.15, -0.1) is 0 Å². The molecule has 4 nitrogen and oxygen atoms in total. The van der Waals surface area contributed by atoms with Crippen LogP contribution in [-0.2, 0) is 0 Å². The van der Waals surface area contributed by atoms with E-state index in [0.29, 0.717) is 11.5 Å². The summed E-state index contributed by atoms with van der Waals surface area (Å²) in [4.78, 5) is 15.2. The molecule has 0 fully saturated rings. The first-order chi connectivity index (χ1) is 9.10. The monoisotopic (exact) mass is 260 g/mol. The van der Waals surface area contributed by atoms with Crippen molar-refractivity contribution in [2.24, 2.45) is 5.92 Å². The third-order valence-corrected chi connectivity index (χ3v) is 3.13. The Morgan fingerprint density at radius 2 is 2.16 bits per heavy atom. The SMILES string of the molecule is CC(C)CC(CO)NC(=O)c1ccc2[nH]ccc2c1. The van der Waals surface area contributed by atoms with Crippen molar-refractivity contribution in [3.63, 3.8) is 0 Å². The van der Waals surface area contributed by atoms with Crippen LogP contribution in [0.2, 0.25) is 0 Å². The second kappa shape index (κ2) is 5.89. The van der Waals surface area contributed by atoms with Crippen molar-refractivity contribution in [3.8, 4) is 0 Å². The summed E-state index contributed by atoms with van der Waals surface area (Å²) < 4.78 is 0. The van der Waals surface area contributed by atoms with Gasteiger partial charge in [-0.2, -0.15) is 0 Å². The predicted octanol–water partition coefficient (Wildman–Crippen LogP) is 2.30. The van der Waals surface area contributed by atoms with Gasteiger partial charge in [0.05, 0.1) is 12.6 Å². The molecule has 2 aromatic rings. The number of amides is 1. The fourth-order valence-corrected chi connectivity index (χ4v) is 2.21. The summed E-state index contributed by atoms with van der Waals surface area (Å²) in [7, 11) is 0. The number of rotatable bonds is 5. The molecule has 1 unspecified atom stereocenters. The number of nitrogens with one attached hydrogen (secondary N) is 2. The first-order valence-electron chi connectivity index (χ1n) is 6.59. The van der Waals surface area contributed by atoms with E-state index in [2.05, 4.69) is 24.1 Å². The van der Waals surface area contributed by atoms with E-state index in [9.17, 15) is 9.90 Å². The van der Waals surface area contributed by atoms with Gasteiger partial charge in [-0.05, 0) is 36.6 Å². The highest BCUT2D eigenvalue weighted by Gasteiger charge is 2.14. The van der Waals surface area contributed by atoms with Gasteiger partial charge in [-0.1, -0.05) is 13.8 Å². The molecular formula is C15H20N2O2. The highest BCUT2D eigenvalue weighted by atomic mass is 16.3. The van der Waals surface area contributed by atoms with Crippen LogP contribution in [0.15, 0.2) is 30.5 Å². The lowest BCUT2D eigenvalue weighted by Crippen LogP contribution is -2.38. The molecule has 1 heterocycles. The number of H-pyrrole nitrogens is 1. The molecule has 2 rings (SSSR count). The van der Waals surface area contributed by atoms with Gasteiger partial charge in [-0.3, -0.25) is 4.79 Å². The highest BCUT2D eigenvalue weighted by Crippen LogP contribution is 2.14. The van der Waals surface area contributed by atoms with Crippen molar-refractivity contribution in [2.45, 2.75) is 26.3 Å². The van der Waals surface area contributed by atoms with Crippen molar-refractivity contribution >= 4 is 16.8 Å². The van der Waals surface area contributed by atoms with Crippen molar-refractivity contribution in [1.29, 1.82) is 0 Å². The molecule has 1 aromatic carbocycles. The smallest absolute Gasteiger partial charge is 0.251 e. The summed E-state index contributed by atoms with van der Waals surface area (Å²) >= 11 is 0. The number of aromatic amines is 1.